The standard InChI is InChI=1S/C17H24N4O2S/c1-12(2)10-21-16(14-6-9-23-13(14)3)18-19-17(21)24-11-15(22)20-7-4-5-8-20/h6,9,12H,4-5,7-8,10-11H2,1-3H3. The average molecular weight is 348 g/mol. The first-order valence-electron chi connectivity index (χ1n) is 8.44. The van der Waals surface area contributed by atoms with Crippen LogP contribution in [0.1, 0.15) is 32.4 Å². The summed E-state index contributed by atoms with van der Waals surface area (Å²) < 4.78 is 7.51. The molecule has 0 N–H and O–H groups in total. The summed E-state index contributed by atoms with van der Waals surface area (Å²) in [6.07, 6.45) is 3.90. The number of carbonyl (C=O) groups is 1. The lowest BCUT2D eigenvalue weighted by Gasteiger charge is -2.15. The van der Waals surface area contributed by atoms with Crippen LogP contribution >= 0.6 is 11.8 Å². The van der Waals surface area contributed by atoms with E-state index in [1.54, 1.807) is 6.26 Å². The van der Waals surface area contributed by atoms with Gasteiger partial charge in [-0.15, -0.1) is 10.2 Å². The summed E-state index contributed by atoms with van der Waals surface area (Å²) in [7, 11) is 0. The highest BCUT2D eigenvalue weighted by Gasteiger charge is 2.21. The first-order valence-corrected chi connectivity index (χ1v) is 9.43. The summed E-state index contributed by atoms with van der Waals surface area (Å²) in [4.78, 5) is 14.2. The van der Waals surface area contributed by atoms with Gasteiger partial charge < -0.3 is 13.9 Å². The minimum Gasteiger partial charge on any atom is -0.469 e. The zero-order valence-corrected chi connectivity index (χ0v) is 15.3. The van der Waals surface area contributed by atoms with E-state index in [4.69, 9.17) is 4.42 Å². The summed E-state index contributed by atoms with van der Waals surface area (Å²) in [5.74, 6) is 2.71. The first kappa shape index (κ1) is 17.1. The molecule has 0 aliphatic carbocycles. The van der Waals surface area contributed by atoms with Gasteiger partial charge in [0.1, 0.15) is 5.76 Å². The number of hydrogen-bond acceptors (Lipinski definition) is 5. The normalized spacial score (nSPS) is 14.8. The van der Waals surface area contributed by atoms with Gasteiger partial charge in [-0.05, 0) is 31.7 Å². The number of hydrogen-bond donors (Lipinski definition) is 0. The Morgan fingerprint density at radius 1 is 1.33 bits per heavy atom. The molecular weight excluding hydrogens is 324 g/mol. The van der Waals surface area contributed by atoms with Crippen LogP contribution in [0, 0.1) is 12.8 Å². The molecule has 0 bridgehead atoms. The lowest BCUT2D eigenvalue weighted by atomic mass is 10.2. The molecule has 0 unspecified atom stereocenters. The Morgan fingerprint density at radius 2 is 2.08 bits per heavy atom. The van der Waals surface area contributed by atoms with Gasteiger partial charge in [0.2, 0.25) is 5.91 Å². The molecule has 1 amide bonds. The maximum absolute atomic E-state index is 12.3. The van der Waals surface area contributed by atoms with Crippen LogP contribution in [0.3, 0.4) is 0 Å². The zero-order chi connectivity index (χ0) is 17.1. The maximum Gasteiger partial charge on any atom is 0.233 e. The molecule has 0 atom stereocenters. The highest BCUT2D eigenvalue weighted by molar-refractivity contribution is 7.99. The van der Waals surface area contributed by atoms with E-state index in [0.29, 0.717) is 11.7 Å². The van der Waals surface area contributed by atoms with Gasteiger partial charge in [-0.1, -0.05) is 25.6 Å². The van der Waals surface area contributed by atoms with Crippen molar-refractivity contribution in [1.82, 2.24) is 19.7 Å². The van der Waals surface area contributed by atoms with E-state index >= 15 is 0 Å². The van der Waals surface area contributed by atoms with E-state index < -0.39 is 0 Å². The monoisotopic (exact) mass is 348 g/mol. The van der Waals surface area contributed by atoms with Crippen LogP contribution in [0.2, 0.25) is 0 Å². The second-order valence-corrected chi connectivity index (χ2v) is 7.52. The molecule has 3 rings (SSSR count). The summed E-state index contributed by atoms with van der Waals surface area (Å²) in [6.45, 7) is 8.83. The van der Waals surface area contributed by atoms with Crippen molar-refractivity contribution in [2.24, 2.45) is 5.92 Å². The molecule has 0 spiro atoms. The maximum atomic E-state index is 12.3. The SMILES string of the molecule is Cc1occc1-c1nnc(SCC(=O)N2CCCC2)n1CC(C)C. The lowest BCUT2D eigenvalue weighted by Crippen LogP contribution is -2.29. The fourth-order valence-electron chi connectivity index (χ4n) is 2.93. The van der Waals surface area contributed by atoms with Crippen molar-refractivity contribution in [3.8, 4) is 11.4 Å². The predicted molar refractivity (Wildman–Crippen MR) is 93.8 cm³/mol. The van der Waals surface area contributed by atoms with Crippen LogP contribution in [-0.4, -0.2) is 44.4 Å². The zero-order valence-electron chi connectivity index (χ0n) is 14.5. The molecule has 0 aromatic carbocycles. The predicted octanol–water partition coefficient (Wildman–Crippen LogP) is 3.22. The molecule has 2 aromatic rings. The Labute approximate surface area is 146 Å². The second kappa shape index (κ2) is 7.42. The van der Waals surface area contributed by atoms with Crippen LogP contribution in [0.5, 0.6) is 0 Å². The number of amides is 1. The third-order valence-electron chi connectivity index (χ3n) is 4.15. The number of nitrogens with zero attached hydrogens (tertiary/aromatic N) is 4. The molecule has 130 valence electrons. The van der Waals surface area contributed by atoms with Crippen molar-refractivity contribution in [1.29, 1.82) is 0 Å². The number of thioether (sulfide) groups is 1. The average Bonchev–Trinajstić information content (AvgIpc) is 3.26. The van der Waals surface area contributed by atoms with E-state index in [2.05, 4.69) is 28.6 Å². The van der Waals surface area contributed by atoms with E-state index in [1.165, 1.54) is 11.8 Å². The minimum atomic E-state index is 0.192. The summed E-state index contributed by atoms with van der Waals surface area (Å²) in [5.41, 5.74) is 0.959. The molecular formula is C17H24N4O2S. The lowest BCUT2D eigenvalue weighted by molar-refractivity contribution is -0.127. The molecule has 6 nitrogen and oxygen atoms in total. The quantitative estimate of drug-likeness (QED) is 0.750. The summed E-state index contributed by atoms with van der Waals surface area (Å²) >= 11 is 1.48. The number of likely N-dealkylation sites (tertiary alicyclic amines) is 1. The number of furan rings is 1. The smallest absolute Gasteiger partial charge is 0.233 e. The molecule has 3 heterocycles. The van der Waals surface area contributed by atoms with Crippen molar-refractivity contribution < 1.29 is 9.21 Å². The van der Waals surface area contributed by atoms with Gasteiger partial charge in [0.25, 0.3) is 0 Å². The largest absolute Gasteiger partial charge is 0.469 e. The van der Waals surface area contributed by atoms with Gasteiger partial charge in [0.05, 0.1) is 17.6 Å². The molecule has 0 radical (unpaired) electrons. The van der Waals surface area contributed by atoms with Crippen molar-refractivity contribution in [2.45, 2.75) is 45.3 Å². The Kier molecular flexibility index (Phi) is 5.28. The third-order valence-corrected chi connectivity index (χ3v) is 5.10. The molecule has 0 saturated carbocycles. The fourth-order valence-corrected chi connectivity index (χ4v) is 3.78. The number of aryl methyl sites for hydroxylation is 1. The third kappa shape index (κ3) is 3.66. The molecule has 1 aliphatic rings. The van der Waals surface area contributed by atoms with E-state index in [9.17, 15) is 4.79 Å². The van der Waals surface area contributed by atoms with Gasteiger partial charge in [0.15, 0.2) is 11.0 Å². The van der Waals surface area contributed by atoms with Crippen molar-refractivity contribution in [3.63, 3.8) is 0 Å². The van der Waals surface area contributed by atoms with Gasteiger partial charge >= 0.3 is 0 Å². The van der Waals surface area contributed by atoms with E-state index in [1.807, 2.05) is 17.9 Å². The van der Waals surface area contributed by atoms with Crippen LogP contribution in [-0.2, 0) is 11.3 Å². The van der Waals surface area contributed by atoms with E-state index in [0.717, 1.165) is 54.8 Å². The first-order chi connectivity index (χ1) is 11.6. The van der Waals surface area contributed by atoms with Gasteiger partial charge in [-0.2, -0.15) is 0 Å². The van der Waals surface area contributed by atoms with Crippen LogP contribution < -0.4 is 0 Å². The fraction of sp³-hybridized carbons (Fsp3) is 0.588. The van der Waals surface area contributed by atoms with Crippen molar-refractivity contribution in [2.75, 3.05) is 18.8 Å². The molecule has 1 fully saturated rings. The van der Waals surface area contributed by atoms with Crippen LogP contribution in [0.25, 0.3) is 11.4 Å². The van der Waals surface area contributed by atoms with E-state index in [-0.39, 0.29) is 5.91 Å². The van der Waals surface area contributed by atoms with Crippen molar-refractivity contribution in [3.05, 3.63) is 18.1 Å². The molecule has 2 aromatic heterocycles. The number of carbonyl (C=O) groups excluding carboxylic acids is 1. The highest BCUT2D eigenvalue weighted by atomic mass is 32.2. The molecule has 1 saturated heterocycles. The molecule has 1 aliphatic heterocycles. The Balaban J connectivity index is 1.78. The number of rotatable bonds is 6. The summed E-state index contributed by atoms with van der Waals surface area (Å²) in [6, 6.07) is 1.92. The molecule has 24 heavy (non-hydrogen) atoms. The van der Waals surface area contributed by atoms with Gasteiger partial charge in [-0.3, -0.25) is 4.79 Å². The minimum absolute atomic E-state index is 0.192. The van der Waals surface area contributed by atoms with Gasteiger partial charge in [-0.25, -0.2) is 0 Å². The second-order valence-electron chi connectivity index (χ2n) is 6.58. The topological polar surface area (TPSA) is 64.2 Å². The van der Waals surface area contributed by atoms with Gasteiger partial charge in [0, 0.05) is 19.6 Å². The highest BCUT2D eigenvalue weighted by Crippen LogP contribution is 2.28. The summed E-state index contributed by atoms with van der Waals surface area (Å²) in [5, 5.41) is 9.48. The van der Waals surface area contributed by atoms with Crippen LogP contribution in [0.4, 0.5) is 0 Å². The Hall–Kier alpha value is -1.76. The molecule has 7 heteroatoms. The van der Waals surface area contributed by atoms with Crippen LogP contribution in [0.15, 0.2) is 21.9 Å². The number of aromatic nitrogens is 3. The Morgan fingerprint density at radius 3 is 2.71 bits per heavy atom. The van der Waals surface area contributed by atoms with Crippen molar-refractivity contribution >= 4 is 17.7 Å². The Bertz CT molecular complexity index is 701.